The maximum Gasteiger partial charge on any atom is 0.336 e. The van der Waals surface area contributed by atoms with E-state index in [9.17, 15) is 9.59 Å². The smallest absolute Gasteiger partial charge is 0.336 e. The summed E-state index contributed by atoms with van der Waals surface area (Å²) < 4.78 is 35.8. The maximum atomic E-state index is 13.2. The van der Waals surface area contributed by atoms with Gasteiger partial charge in [-0.3, -0.25) is 0 Å². The molecule has 3 heterocycles. The molecule has 0 aromatic heterocycles. The van der Waals surface area contributed by atoms with E-state index in [-0.39, 0.29) is 19.8 Å². The molecule has 0 bridgehead atoms. The van der Waals surface area contributed by atoms with E-state index in [4.69, 9.17) is 28.4 Å². The first-order valence-corrected chi connectivity index (χ1v) is 12.4. The first-order chi connectivity index (χ1) is 17.2. The van der Waals surface area contributed by atoms with Gasteiger partial charge in [0, 0.05) is 11.4 Å². The number of fused-ring (bicyclic) bond motifs is 1. The van der Waals surface area contributed by atoms with Crippen LogP contribution >= 0.6 is 0 Å². The quantitative estimate of drug-likeness (QED) is 0.538. The van der Waals surface area contributed by atoms with Crippen LogP contribution in [0.3, 0.4) is 0 Å². The van der Waals surface area contributed by atoms with Crippen LogP contribution in [0.25, 0.3) is 0 Å². The Morgan fingerprint density at radius 2 is 1.50 bits per heavy atom. The van der Waals surface area contributed by atoms with E-state index >= 15 is 0 Å². The molecular formula is C27H35NO8. The van der Waals surface area contributed by atoms with Crippen molar-refractivity contribution in [3.8, 4) is 0 Å². The molecular weight excluding hydrogens is 466 g/mol. The monoisotopic (exact) mass is 501 g/mol. The number of carbonyl (C=O) groups is 2. The van der Waals surface area contributed by atoms with Crippen LogP contribution in [-0.2, 0) is 44.6 Å². The molecule has 9 nitrogen and oxygen atoms in total. The SMILES string of the molecule is CCOC(=O)C1=C(C)NC(C)=C(C(=O)OCC)C1[C@H]1OC2OC(C)(C)OC2C1OCc1ccccc1. The standard InChI is InChI=1S/C27H35NO8/c1-7-31-24(29)18-15(3)28-16(4)19(25(30)32-8-2)20(18)21-22(33-14-17-12-10-9-11-13-17)23-26(34-21)36-27(5,6)35-23/h9-13,20-23,26,28H,7-8,14H2,1-6H3/t21-,22?,23?,26?/m1/s1. The van der Waals surface area contributed by atoms with Crippen LogP contribution in [0.5, 0.6) is 0 Å². The number of allylic oxidation sites excluding steroid dienone is 2. The number of nitrogens with one attached hydrogen (secondary N) is 1. The van der Waals surface area contributed by atoms with Crippen molar-refractivity contribution in [2.45, 2.75) is 78.5 Å². The van der Waals surface area contributed by atoms with Crippen LogP contribution in [-0.4, -0.2) is 55.5 Å². The van der Waals surface area contributed by atoms with E-state index in [1.807, 2.05) is 44.2 Å². The van der Waals surface area contributed by atoms with Gasteiger partial charge in [0.1, 0.15) is 18.3 Å². The van der Waals surface area contributed by atoms with Crippen LogP contribution in [0.15, 0.2) is 52.9 Å². The van der Waals surface area contributed by atoms with E-state index < -0.39 is 48.2 Å². The number of hydrogen-bond acceptors (Lipinski definition) is 9. The van der Waals surface area contributed by atoms with Gasteiger partial charge in [-0.15, -0.1) is 0 Å². The molecule has 0 radical (unpaired) electrons. The summed E-state index contributed by atoms with van der Waals surface area (Å²) >= 11 is 0. The van der Waals surface area contributed by atoms with Crippen molar-refractivity contribution < 1.29 is 38.0 Å². The Kier molecular flexibility index (Phi) is 7.85. The minimum atomic E-state index is -0.867. The predicted octanol–water partition coefficient (Wildman–Crippen LogP) is 3.34. The Morgan fingerprint density at radius 1 is 0.917 bits per heavy atom. The molecule has 36 heavy (non-hydrogen) atoms. The molecule has 0 saturated carbocycles. The minimum absolute atomic E-state index is 0.185. The normalized spacial score (nSPS) is 27.6. The largest absolute Gasteiger partial charge is 0.463 e. The zero-order chi connectivity index (χ0) is 26.0. The highest BCUT2D eigenvalue weighted by Gasteiger charge is 2.59. The van der Waals surface area contributed by atoms with E-state index in [1.165, 1.54) is 0 Å². The molecule has 3 aliphatic rings. The van der Waals surface area contributed by atoms with Gasteiger partial charge in [0.15, 0.2) is 12.1 Å². The molecule has 2 saturated heterocycles. The zero-order valence-corrected chi connectivity index (χ0v) is 21.7. The lowest BCUT2D eigenvalue weighted by atomic mass is 9.79. The molecule has 4 rings (SSSR count). The lowest BCUT2D eigenvalue weighted by Crippen LogP contribution is -2.46. The van der Waals surface area contributed by atoms with Gasteiger partial charge in [-0.05, 0) is 47.1 Å². The fourth-order valence-corrected chi connectivity index (χ4v) is 5.06. The third-order valence-corrected chi connectivity index (χ3v) is 6.44. The Morgan fingerprint density at radius 3 is 2.06 bits per heavy atom. The molecule has 0 aliphatic carbocycles. The highest BCUT2D eigenvalue weighted by atomic mass is 16.8. The van der Waals surface area contributed by atoms with Crippen molar-refractivity contribution in [2.24, 2.45) is 5.92 Å². The molecule has 0 amide bonds. The molecule has 196 valence electrons. The van der Waals surface area contributed by atoms with Gasteiger partial charge in [-0.25, -0.2) is 9.59 Å². The molecule has 0 spiro atoms. The summed E-state index contributed by atoms with van der Waals surface area (Å²) in [7, 11) is 0. The maximum absolute atomic E-state index is 13.2. The number of ether oxygens (including phenoxy) is 6. The number of benzene rings is 1. The number of rotatable bonds is 8. The Labute approximate surface area is 211 Å². The highest BCUT2D eigenvalue weighted by Crippen LogP contribution is 2.46. The fraction of sp³-hybridized carbons (Fsp3) is 0.556. The van der Waals surface area contributed by atoms with Gasteiger partial charge in [-0.1, -0.05) is 30.3 Å². The van der Waals surface area contributed by atoms with Gasteiger partial charge in [0.2, 0.25) is 0 Å². The first-order valence-electron chi connectivity index (χ1n) is 12.4. The summed E-state index contributed by atoms with van der Waals surface area (Å²) in [6.07, 6.45) is -2.70. The second-order valence-corrected chi connectivity index (χ2v) is 9.45. The van der Waals surface area contributed by atoms with E-state index in [2.05, 4.69) is 5.32 Å². The van der Waals surface area contributed by atoms with Gasteiger partial charge in [0.25, 0.3) is 0 Å². The third-order valence-electron chi connectivity index (χ3n) is 6.44. The summed E-state index contributed by atoms with van der Waals surface area (Å²) in [6, 6.07) is 9.73. The number of esters is 2. The van der Waals surface area contributed by atoms with Crippen LogP contribution < -0.4 is 5.32 Å². The van der Waals surface area contributed by atoms with Crippen molar-refractivity contribution in [2.75, 3.05) is 13.2 Å². The minimum Gasteiger partial charge on any atom is -0.463 e. The van der Waals surface area contributed by atoms with E-state index in [0.29, 0.717) is 22.5 Å². The predicted molar refractivity (Wildman–Crippen MR) is 129 cm³/mol. The van der Waals surface area contributed by atoms with Crippen molar-refractivity contribution in [3.05, 3.63) is 58.4 Å². The summed E-state index contributed by atoms with van der Waals surface area (Å²) in [5.74, 6) is -2.75. The summed E-state index contributed by atoms with van der Waals surface area (Å²) in [5, 5.41) is 3.15. The lowest BCUT2D eigenvalue weighted by Gasteiger charge is -2.36. The molecule has 4 atom stereocenters. The Hall–Kier alpha value is -2.72. The average Bonchev–Trinajstić information content (AvgIpc) is 3.29. The topological polar surface area (TPSA) is 102 Å². The van der Waals surface area contributed by atoms with Crippen molar-refractivity contribution >= 4 is 11.9 Å². The van der Waals surface area contributed by atoms with Gasteiger partial charge in [-0.2, -0.15) is 0 Å². The molecule has 9 heteroatoms. The third kappa shape index (κ3) is 5.20. The Balaban J connectivity index is 1.75. The highest BCUT2D eigenvalue weighted by molar-refractivity contribution is 5.98. The summed E-state index contributed by atoms with van der Waals surface area (Å²) in [5.41, 5.74) is 2.71. The van der Waals surface area contributed by atoms with Crippen LogP contribution in [0.1, 0.15) is 47.1 Å². The molecule has 1 N–H and O–H groups in total. The average molecular weight is 502 g/mol. The van der Waals surface area contributed by atoms with Crippen LogP contribution in [0.2, 0.25) is 0 Å². The van der Waals surface area contributed by atoms with E-state index in [0.717, 1.165) is 5.56 Å². The van der Waals surface area contributed by atoms with Crippen LogP contribution in [0, 0.1) is 5.92 Å². The fourth-order valence-electron chi connectivity index (χ4n) is 5.06. The molecule has 3 aliphatic heterocycles. The first kappa shape index (κ1) is 26.3. The van der Waals surface area contributed by atoms with Gasteiger partial charge in [0.05, 0.1) is 36.9 Å². The number of carbonyl (C=O) groups excluding carboxylic acids is 2. The van der Waals surface area contributed by atoms with Crippen LogP contribution in [0.4, 0.5) is 0 Å². The molecule has 1 aromatic rings. The summed E-state index contributed by atoms with van der Waals surface area (Å²) in [6.45, 7) is 11.3. The molecule has 2 fully saturated rings. The lowest BCUT2D eigenvalue weighted by molar-refractivity contribution is -0.223. The van der Waals surface area contributed by atoms with Crippen molar-refractivity contribution in [1.29, 1.82) is 0 Å². The zero-order valence-electron chi connectivity index (χ0n) is 21.7. The second-order valence-electron chi connectivity index (χ2n) is 9.45. The molecule has 1 aromatic carbocycles. The van der Waals surface area contributed by atoms with E-state index in [1.54, 1.807) is 27.7 Å². The Bertz CT molecular complexity index is 1010. The van der Waals surface area contributed by atoms with Gasteiger partial charge >= 0.3 is 11.9 Å². The number of hydrogen-bond donors (Lipinski definition) is 1. The van der Waals surface area contributed by atoms with Crippen molar-refractivity contribution in [3.63, 3.8) is 0 Å². The van der Waals surface area contributed by atoms with Gasteiger partial charge < -0.3 is 33.7 Å². The summed E-state index contributed by atoms with van der Waals surface area (Å²) in [4.78, 5) is 26.4. The second kappa shape index (κ2) is 10.7. The van der Waals surface area contributed by atoms with Crippen molar-refractivity contribution in [1.82, 2.24) is 5.32 Å². The number of dihydropyridines is 1. The molecule has 3 unspecified atom stereocenters.